The Morgan fingerprint density at radius 1 is 1.61 bits per heavy atom. The zero-order valence-corrected chi connectivity index (χ0v) is 11.7. The van der Waals surface area contributed by atoms with Crippen LogP contribution in [0.2, 0.25) is 0 Å². The first-order chi connectivity index (χ1) is 8.65. The highest BCUT2D eigenvalue weighted by Crippen LogP contribution is 2.27. The average molecular weight is 311 g/mol. The number of ether oxygens (including phenoxy) is 1. The van der Waals surface area contributed by atoms with Crippen LogP contribution in [0.5, 0.6) is 0 Å². The summed E-state index contributed by atoms with van der Waals surface area (Å²) < 4.78 is 6.30. The topological polar surface area (TPSA) is 56.5 Å². The van der Waals surface area contributed by atoms with Crippen LogP contribution in [0.25, 0.3) is 0 Å². The number of morpholine rings is 1. The zero-order valence-electron chi connectivity index (χ0n) is 10.1. The molecule has 0 bridgehead atoms. The van der Waals surface area contributed by atoms with Crippen LogP contribution >= 0.6 is 15.9 Å². The van der Waals surface area contributed by atoms with Gasteiger partial charge in [-0.15, -0.1) is 0 Å². The van der Waals surface area contributed by atoms with E-state index in [1.54, 1.807) is 6.07 Å². The summed E-state index contributed by atoms with van der Waals surface area (Å²) in [5, 5.41) is 18.1. The van der Waals surface area contributed by atoms with E-state index in [0.29, 0.717) is 18.7 Å². The van der Waals surface area contributed by atoms with Gasteiger partial charge in [0.1, 0.15) is 6.07 Å². The summed E-state index contributed by atoms with van der Waals surface area (Å²) in [5.41, 5.74) is 1.66. The van der Waals surface area contributed by atoms with E-state index in [0.717, 1.165) is 10.2 Å². The third-order valence-electron chi connectivity index (χ3n) is 3.11. The van der Waals surface area contributed by atoms with Crippen molar-refractivity contribution in [3.05, 3.63) is 28.2 Å². The van der Waals surface area contributed by atoms with Gasteiger partial charge < -0.3 is 14.7 Å². The number of halogens is 1. The van der Waals surface area contributed by atoms with Crippen molar-refractivity contribution in [2.45, 2.75) is 19.1 Å². The van der Waals surface area contributed by atoms with Crippen molar-refractivity contribution >= 4 is 21.6 Å². The number of benzene rings is 1. The van der Waals surface area contributed by atoms with Crippen molar-refractivity contribution < 1.29 is 9.84 Å². The summed E-state index contributed by atoms with van der Waals surface area (Å²) in [6.07, 6.45) is -0.143. The molecule has 1 heterocycles. The zero-order chi connectivity index (χ0) is 13.1. The summed E-state index contributed by atoms with van der Waals surface area (Å²) in [6, 6.07) is 8.05. The van der Waals surface area contributed by atoms with Gasteiger partial charge in [-0.05, 0) is 41.1 Å². The lowest BCUT2D eigenvalue weighted by Gasteiger charge is -2.39. The van der Waals surface area contributed by atoms with E-state index < -0.39 is 0 Å². The predicted molar refractivity (Wildman–Crippen MR) is 72.5 cm³/mol. The maximum Gasteiger partial charge on any atom is 0.100 e. The molecule has 0 spiro atoms. The molecule has 1 aliphatic rings. The number of rotatable bonds is 2. The first kappa shape index (κ1) is 13.3. The van der Waals surface area contributed by atoms with E-state index in [-0.39, 0.29) is 18.8 Å². The second kappa shape index (κ2) is 5.70. The molecule has 2 atom stereocenters. The lowest BCUT2D eigenvalue weighted by atomic mass is 10.1. The third kappa shape index (κ3) is 2.66. The SMILES string of the molecule is CC1COC(CO)CN1c1ccc(C#N)c(Br)c1. The Morgan fingerprint density at radius 3 is 3.00 bits per heavy atom. The number of nitrogens with zero attached hydrogens (tertiary/aromatic N) is 2. The number of aliphatic hydroxyl groups is 1. The molecule has 18 heavy (non-hydrogen) atoms. The number of hydrogen-bond acceptors (Lipinski definition) is 4. The minimum Gasteiger partial charge on any atom is -0.394 e. The summed E-state index contributed by atoms with van der Waals surface area (Å²) in [6.45, 7) is 3.37. The van der Waals surface area contributed by atoms with Gasteiger partial charge in [-0.2, -0.15) is 5.26 Å². The molecule has 1 aliphatic heterocycles. The van der Waals surface area contributed by atoms with Crippen LogP contribution in [-0.4, -0.2) is 37.0 Å². The Balaban J connectivity index is 2.24. The van der Waals surface area contributed by atoms with Crippen LogP contribution in [-0.2, 0) is 4.74 Å². The van der Waals surface area contributed by atoms with Crippen LogP contribution in [0.4, 0.5) is 5.69 Å². The van der Waals surface area contributed by atoms with Gasteiger partial charge in [0, 0.05) is 22.7 Å². The molecule has 0 saturated carbocycles. The van der Waals surface area contributed by atoms with Gasteiger partial charge in [-0.3, -0.25) is 0 Å². The van der Waals surface area contributed by atoms with Crippen LogP contribution in [0.1, 0.15) is 12.5 Å². The van der Waals surface area contributed by atoms with Crippen molar-refractivity contribution in [2.24, 2.45) is 0 Å². The van der Waals surface area contributed by atoms with Gasteiger partial charge >= 0.3 is 0 Å². The summed E-state index contributed by atoms with van der Waals surface area (Å²) in [5.74, 6) is 0. The molecule has 96 valence electrons. The van der Waals surface area contributed by atoms with Crippen LogP contribution in [0, 0.1) is 11.3 Å². The van der Waals surface area contributed by atoms with E-state index in [1.807, 2.05) is 12.1 Å². The van der Waals surface area contributed by atoms with Crippen molar-refractivity contribution in [3.8, 4) is 6.07 Å². The van der Waals surface area contributed by atoms with Gasteiger partial charge in [-0.1, -0.05) is 0 Å². The highest BCUT2D eigenvalue weighted by Gasteiger charge is 2.26. The third-order valence-corrected chi connectivity index (χ3v) is 3.77. The largest absolute Gasteiger partial charge is 0.394 e. The molecule has 1 N–H and O–H groups in total. The van der Waals surface area contributed by atoms with E-state index in [9.17, 15) is 5.11 Å². The second-order valence-corrected chi connectivity index (χ2v) is 5.27. The van der Waals surface area contributed by atoms with Crippen molar-refractivity contribution in [1.29, 1.82) is 5.26 Å². The Morgan fingerprint density at radius 2 is 2.39 bits per heavy atom. The second-order valence-electron chi connectivity index (χ2n) is 4.42. The van der Waals surface area contributed by atoms with E-state index in [2.05, 4.69) is 33.8 Å². The lowest BCUT2D eigenvalue weighted by molar-refractivity contribution is -0.0103. The van der Waals surface area contributed by atoms with E-state index in [4.69, 9.17) is 10.00 Å². The fourth-order valence-corrected chi connectivity index (χ4v) is 2.52. The normalized spacial score (nSPS) is 23.8. The van der Waals surface area contributed by atoms with E-state index >= 15 is 0 Å². The number of nitriles is 1. The minimum atomic E-state index is -0.143. The van der Waals surface area contributed by atoms with Crippen molar-refractivity contribution in [3.63, 3.8) is 0 Å². The molecule has 2 rings (SSSR count). The predicted octanol–water partition coefficient (Wildman–Crippen LogP) is 1.91. The maximum atomic E-state index is 9.17. The monoisotopic (exact) mass is 310 g/mol. The Hall–Kier alpha value is -1.09. The lowest BCUT2D eigenvalue weighted by Crippen LogP contribution is -2.49. The first-order valence-corrected chi connectivity index (χ1v) is 6.63. The van der Waals surface area contributed by atoms with Crippen LogP contribution in [0.3, 0.4) is 0 Å². The van der Waals surface area contributed by atoms with Gasteiger partial charge in [-0.25, -0.2) is 0 Å². The molecule has 4 nitrogen and oxygen atoms in total. The molecule has 0 radical (unpaired) electrons. The highest BCUT2D eigenvalue weighted by atomic mass is 79.9. The van der Waals surface area contributed by atoms with Crippen molar-refractivity contribution in [1.82, 2.24) is 0 Å². The molecule has 0 aliphatic carbocycles. The Labute approximate surface area is 115 Å². The van der Waals surface area contributed by atoms with Crippen molar-refractivity contribution in [2.75, 3.05) is 24.7 Å². The summed E-state index contributed by atoms with van der Waals surface area (Å²) in [4.78, 5) is 2.19. The molecule has 1 aromatic rings. The van der Waals surface area contributed by atoms with Gasteiger partial charge in [0.2, 0.25) is 0 Å². The summed E-state index contributed by atoms with van der Waals surface area (Å²) in [7, 11) is 0. The first-order valence-electron chi connectivity index (χ1n) is 5.84. The Bertz CT molecular complexity index is 473. The molecular formula is C13H15BrN2O2. The molecule has 1 saturated heterocycles. The molecule has 0 aromatic heterocycles. The molecule has 1 fully saturated rings. The molecule has 5 heteroatoms. The fourth-order valence-electron chi connectivity index (χ4n) is 2.06. The van der Waals surface area contributed by atoms with Gasteiger partial charge in [0.15, 0.2) is 0 Å². The average Bonchev–Trinajstić information content (AvgIpc) is 2.39. The van der Waals surface area contributed by atoms with Gasteiger partial charge in [0.25, 0.3) is 0 Å². The number of hydrogen-bond donors (Lipinski definition) is 1. The highest BCUT2D eigenvalue weighted by molar-refractivity contribution is 9.10. The quantitative estimate of drug-likeness (QED) is 0.906. The van der Waals surface area contributed by atoms with Gasteiger partial charge in [0.05, 0.1) is 24.9 Å². The maximum absolute atomic E-state index is 9.17. The molecular weight excluding hydrogens is 296 g/mol. The minimum absolute atomic E-state index is 0.0284. The van der Waals surface area contributed by atoms with E-state index in [1.165, 1.54) is 0 Å². The number of aliphatic hydroxyl groups excluding tert-OH is 1. The summed E-state index contributed by atoms with van der Waals surface area (Å²) >= 11 is 3.40. The molecule has 0 amide bonds. The molecule has 1 aromatic carbocycles. The molecule has 2 unspecified atom stereocenters. The smallest absolute Gasteiger partial charge is 0.100 e. The fraction of sp³-hybridized carbons (Fsp3) is 0.462. The van der Waals surface area contributed by atoms with Crippen LogP contribution in [0.15, 0.2) is 22.7 Å². The van der Waals surface area contributed by atoms with Crippen LogP contribution < -0.4 is 4.90 Å². The number of anilines is 1. The Kier molecular flexibility index (Phi) is 4.23. The standard InChI is InChI=1S/C13H15BrN2O2/c1-9-8-18-12(7-17)6-16(9)11-3-2-10(5-15)13(14)4-11/h2-4,9,12,17H,6-8H2,1H3.